The van der Waals surface area contributed by atoms with Gasteiger partial charge in [0.05, 0.1) is 18.9 Å². The van der Waals surface area contributed by atoms with Gasteiger partial charge in [0.1, 0.15) is 5.69 Å². The number of fused-ring (bicyclic) bond motifs is 1. The van der Waals surface area contributed by atoms with E-state index in [9.17, 15) is 19.2 Å². The molecule has 0 aromatic carbocycles. The van der Waals surface area contributed by atoms with Crippen molar-refractivity contribution < 1.29 is 23.9 Å². The molecule has 2 N–H and O–H groups in total. The number of carbonyl (C=O) groups excluding carboxylic acids is 4. The Hall–Kier alpha value is -2.91. The van der Waals surface area contributed by atoms with Crippen LogP contribution in [0.5, 0.6) is 0 Å². The summed E-state index contributed by atoms with van der Waals surface area (Å²) in [6.45, 7) is 0.343. The number of hydrogen-bond acceptors (Lipinski definition) is 6. The van der Waals surface area contributed by atoms with Gasteiger partial charge in [-0.1, -0.05) is 0 Å². The van der Waals surface area contributed by atoms with Crippen LogP contribution >= 0.6 is 0 Å². The zero-order valence-corrected chi connectivity index (χ0v) is 12.5. The maximum atomic E-state index is 12.2. The second kappa shape index (κ2) is 5.38. The third kappa shape index (κ3) is 2.51. The summed E-state index contributed by atoms with van der Waals surface area (Å²) in [5.74, 6) is -2.07. The monoisotopic (exact) mass is 321 g/mol. The molecule has 23 heavy (non-hydrogen) atoms. The molecule has 1 aromatic heterocycles. The molecule has 2 fully saturated rings. The fourth-order valence-electron chi connectivity index (χ4n) is 2.82. The molecule has 2 aliphatic heterocycles. The van der Waals surface area contributed by atoms with E-state index in [1.165, 1.54) is 22.8 Å². The molecule has 4 amide bonds. The predicted octanol–water partition coefficient (Wildman–Crippen LogP) is -1.06. The highest BCUT2D eigenvalue weighted by molar-refractivity contribution is 6.06. The first-order valence-corrected chi connectivity index (χ1v) is 6.93. The summed E-state index contributed by atoms with van der Waals surface area (Å²) in [4.78, 5) is 48.3. The molecule has 0 radical (unpaired) electrons. The molecule has 10 heteroatoms. The average Bonchev–Trinajstić information content (AvgIpc) is 3.16. The van der Waals surface area contributed by atoms with Gasteiger partial charge < -0.3 is 9.64 Å². The fourth-order valence-corrected chi connectivity index (χ4v) is 2.82. The lowest BCUT2D eigenvalue weighted by molar-refractivity contribution is -0.126. The Morgan fingerprint density at radius 1 is 1.30 bits per heavy atom. The van der Waals surface area contributed by atoms with Gasteiger partial charge in [-0.15, -0.1) is 0 Å². The number of imide groups is 1. The van der Waals surface area contributed by atoms with E-state index in [1.807, 2.05) is 0 Å². The molecule has 0 spiro atoms. The number of methoxy groups -OCH3 is 1. The van der Waals surface area contributed by atoms with Gasteiger partial charge in [-0.25, -0.2) is 9.59 Å². The summed E-state index contributed by atoms with van der Waals surface area (Å²) in [7, 11) is 2.80. The summed E-state index contributed by atoms with van der Waals surface area (Å²) < 4.78 is 5.89. The minimum absolute atomic E-state index is 0.171. The summed E-state index contributed by atoms with van der Waals surface area (Å²) in [6, 6.07) is 0.910. The molecule has 0 unspecified atom stereocenters. The van der Waals surface area contributed by atoms with Crippen LogP contribution in [0.1, 0.15) is 10.5 Å². The second-order valence-electron chi connectivity index (χ2n) is 5.43. The number of hydrogen-bond donors (Lipinski definition) is 2. The molecule has 0 saturated carbocycles. The number of aromatic nitrogens is 2. The maximum Gasteiger partial charge on any atom is 0.356 e. The lowest BCUT2D eigenvalue weighted by atomic mass is 10.00. The quantitative estimate of drug-likeness (QED) is 0.529. The van der Waals surface area contributed by atoms with E-state index in [-0.39, 0.29) is 36.4 Å². The summed E-state index contributed by atoms with van der Waals surface area (Å²) in [5.41, 5.74) is 0.190. The first-order chi connectivity index (χ1) is 10.9. The molecular formula is C13H15N5O5. The third-order valence-electron chi connectivity index (χ3n) is 4.04. The van der Waals surface area contributed by atoms with Gasteiger partial charge in [0.25, 0.3) is 0 Å². The number of aryl methyl sites for hydroxylation is 1. The van der Waals surface area contributed by atoms with Crippen LogP contribution in [0.2, 0.25) is 0 Å². The third-order valence-corrected chi connectivity index (χ3v) is 4.04. The van der Waals surface area contributed by atoms with Crippen molar-refractivity contribution in [3.63, 3.8) is 0 Å². The minimum atomic E-state index is -0.571. The van der Waals surface area contributed by atoms with E-state index >= 15 is 0 Å². The Morgan fingerprint density at radius 2 is 1.91 bits per heavy atom. The van der Waals surface area contributed by atoms with Gasteiger partial charge in [-0.3, -0.25) is 24.9 Å². The molecule has 2 aliphatic rings. The maximum absolute atomic E-state index is 12.2. The molecule has 122 valence electrons. The highest BCUT2D eigenvalue weighted by Crippen LogP contribution is 2.28. The molecular weight excluding hydrogens is 306 g/mol. The number of nitrogens with one attached hydrogen (secondary N) is 2. The van der Waals surface area contributed by atoms with Gasteiger partial charge >= 0.3 is 12.0 Å². The molecule has 2 saturated heterocycles. The van der Waals surface area contributed by atoms with Crippen molar-refractivity contribution in [2.75, 3.05) is 25.5 Å². The molecule has 3 heterocycles. The standard InChI is InChI=1S/C13H15N5O5/c1-17-8(12(21)23-2)3-9(16-17)14-13(22)18-4-6-7(5-18)11(20)15-10(6)19/h3,6-7H,4-5H2,1-2H3,(H,14,16,22)(H,15,19,20)/t6-,7+. The van der Waals surface area contributed by atoms with Crippen molar-refractivity contribution in [3.05, 3.63) is 11.8 Å². The van der Waals surface area contributed by atoms with Crippen molar-refractivity contribution in [1.29, 1.82) is 0 Å². The first-order valence-electron chi connectivity index (χ1n) is 6.93. The van der Waals surface area contributed by atoms with Gasteiger partial charge in [-0.2, -0.15) is 5.10 Å². The van der Waals surface area contributed by atoms with Crippen LogP contribution in [0, 0.1) is 11.8 Å². The predicted molar refractivity (Wildman–Crippen MR) is 75.3 cm³/mol. The van der Waals surface area contributed by atoms with Crippen LogP contribution in [0.3, 0.4) is 0 Å². The highest BCUT2D eigenvalue weighted by atomic mass is 16.5. The molecule has 2 atom stereocenters. The Kier molecular flexibility index (Phi) is 3.51. The highest BCUT2D eigenvalue weighted by Gasteiger charge is 2.49. The molecule has 10 nitrogen and oxygen atoms in total. The minimum Gasteiger partial charge on any atom is -0.464 e. The van der Waals surface area contributed by atoms with Crippen LogP contribution in [-0.4, -0.2) is 58.7 Å². The van der Waals surface area contributed by atoms with Gasteiger partial charge in [0, 0.05) is 26.2 Å². The largest absolute Gasteiger partial charge is 0.464 e. The first kappa shape index (κ1) is 15.0. The number of esters is 1. The Morgan fingerprint density at radius 3 is 2.48 bits per heavy atom. The van der Waals surface area contributed by atoms with Crippen molar-refractivity contribution in [2.45, 2.75) is 0 Å². The number of amides is 4. The number of rotatable bonds is 2. The lowest BCUT2D eigenvalue weighted by Gasteiger charge is -2.16. The van der Waals surface area contributed by atoms with Crippen LogP contribution in [0.15, 0.2) is 6.07 Å². The SMILES string of the molecule is COC(=O)c1cc(NC(=O)N2C[C@@H]3C(=O)NC(=O)[C@@H]3C2)nn1C. The fraction of sp³-hybridized carbons (Fsp3) is 0.462. The van der Waals surface area contributed by atoms with Crippen molar-refractivity contribution in [2.24, 2.45) is 18.9 Å². The van der Waals surface area contributed by atoms with Crippen LogP contribution < -0.4 is 10.6 Å². The van der Waals surface area contributed by atoms with Gasteiger partial charge in [-0.05, 0) is 0 Å². The summed E-state index contributed by atoms with van der Waals surface area (Å²) >= 11 is 0. The summed E-state index contributed by atoms with van der Waals surface area (Å²) in [5, 5.41) is 8.81. The van der Waals surface area contributed by atoms with Crippen LogP contribution in [0.4, 0.5) is 10.6 Å². The second-order valence-corrected chi connectivity index (χ2v) is 5.43. The number of anilines is 1. The number of nitrogens with zero attached hydrogens (tertiary/aromatic N) is 3. The van der Waals surface area contributed by atoms with E-state index in [2.05, 4.69) is 20.5 Å². The molecule has 1 aromatic rings. The normalized spacial score (nSPS) is 22.8. The number of carbonyl (C=O) groups is 4. The Balaban J connectivity index is 1.68. The Labute approximate surface area is 130 Å². The van der Waals surface area contributed by atoms with E-state index in [0.29, 0.717) is 0 Å². The van der Waals surface area contributed by atoms with Gasteiger partial charge in [0.15, 0.2) is 5.82 Å². The zero-order valence-electron chi connectivity index (χ0n) is 12.5. The molecule has 3 rings (SSSR count). The van der Waals surface area contributed by atoms with E-state index in [0.717, 1.165) is 0 Å². The van der Waals surface area contributed by atoms with Crippen LogP contribution in [0.25, 0.3) is 0 Å². The smallest absolute Gasteiger partial charge is 0.356 e. The van der Waals surface area contributed by atoms with Gasteiger partial charge in [0.2, 0.25) is 11.8 Å². The Bertz CT molecular complexity index is 690. The average molecular weight is 321 g/mol. The summed E-state index contributed by atoms with van der Waals surface area (Å²) in [6.07, 6.45) is 0. The van der Waals surface area contributed by atoms with Crippen molar-refractivity contribution >= 4 is 29.6 Å². The molecule has 0 bridgehead atoms. The van der Waals surface area contributed by atoms with Crippen molar-refractivity contribution in [1.82, 2.24) is 20.0 Å². The number of ether oxygens (including phenoxy) is 1. The van der Waals surface area contributed by atoms with E-state index in [4.69, 9.17) is 0 Å². The molecule has 0 aliphatic carbocycles. The van der Waals surface area contributed by atoms with Crippen molar-refractivity contribution in [3.8, 4) is 0 Å². The number of urea groups is 1. The number of likely N-dealkylation sites (tertiary alicyclic amines) is 1. The van der Waals surface area contributed by atoms with Crippen LogP contribution in [-0.2, 0) is 21.4 Å². The van der Waals surface area contributed by atoms with E-state index in [1.54, 1.807) is 7.05 Å². The van der Waals surface area contributed by atoms with E-state index < -0.39 is 23.8 Å². The topological polar surface area (TPSA) is 123 Å². The lowest BCUT2D eigenvalue weighted by Crippen LogP contribution is -2.37. The zero-order chi connectivity index (χ0) is 16.7.